The Bertz CT molecular complexity index is 821. The molecule has 6 nitrogen and oxygen atoms in total. The highest BCUT2D eigenvalue weighted by Gasteiger charge is 2.18. The number of fused-ring (bicyclic) bond motifs is 1. The molecule has 1 aromatic heterocycles. The van der Waals surface area contributed by atoms with Gasteiger partial charge in [0.05, 0.1) is 30.6 Å². The van der Waals surface area contributed by atoms with E-state index in [-0.39, 0.29) is 0 Å². The fourth-order valence-corrected chi connectivity index (χ4v) is 3.40. The summed E-state index contributed by atoms with van der Waals surface area (Å²) in [6.07, 6.45) is 2.89. The highest BCUT2D eigenvalue weighted by atomic mass is 32.2. The van der Waals surface area contributed by atoms with Gasteiger partial charge in [-0.2, -0.15) is 0 Å². The second-order valence-corrected chi connectivity index (χ2v) is 7.02. The molecule has 1 aromatic carbocycles. The van der Waals surface area contributed by atoms with E-state index in [2.05, 4.69) is 10.3 Å². The van der Waals surface area contributed by atoms with Crippen LogP contribution in [0.3, 0.4) is 0 Å². The highest BCUT2D eigenvalue weighted by molar-refractivity contribution is 7.91. The van der Waals surface area contributed by atoms with E-state index in [1.807, 2.05) is 10.6 Å². The molecule has 21 heavy (non-hydrogen) atoms. The number of ether oxygens (including phenoxy) is 1. The van der Waals surface area contributed by atoms with Crippen molar-refractivity contribution < 1.29 is 13.2 Å². The Morgan fingerprint density at radius 3 is 2.86 bits per heavy atom. The molecule has 2 heterocycles. The average Bonchev–Trinajstić information content (AvgIpc) is 3.06. The van der Waals surface area contributed by atoms with Crippen molar-refractivity contribution in [1.29, 1.82) is 0 Å². The van der Waals surface area contributed by atoms with E-state index in [1.54, 1.807) is 25.4 Å². The minimum absolute atomic E-state index is 0.332. The molecule has 2 aromatic rings. The molecule has 0 aliphatic carbocycles. The quantitative estimate of drug-likeness (QED) is 0.916. The van der Waals surface area contributed by atoms with Crippen molar-refractivity contribution in [2.24, 2.45) is 4.99 Å². The molecule has 1 aliphatic rings. The van der Waals surface area contributed by atoms with Crippen LogP contribution in [0.4, 0.5) is 0 Å². The van der Waals surface area contributed by atoms with E-state index in [1.165, 1.54) is 6.26 Å². The molecule has 1 aliphatic heterocycles. The maximum Gasteiger partial charge on any atom is 0.177 e. The van der Waals surface area contributed by atoms with E-state index in [0.29, 0.717) is 22.6 Å². The van der Waals surface area contributed by atoms with Gasteiger partial charge in [0, 0.05) is 30.4 Å². The normalized spacial score (nSPS) is 15.0. The Balaban J connectivity index is 2.17. The molecule has 0 radical (unpaired) electrons. The molecule has 0 spiro atoms. The SMILES string of the molecule is COc1ccc2c(S(C)(=O)=O)cn(CC3=NCCN3)c2c1. The van der Waals surface area contributed by atoms with Gasteiger partial charge in [0.1, 0.15) is 11.6 Å². The van der Waals surface area contributed by atoms with Crippen LogP contribution in [0.25, 0.3) is 10.9 Å². The Labute approximate surface area is 123 Å². The van der Waals surface area contributed by atoms with Gasteiger partial charge in [0.25, 0.3) is 0 Å². The standard InChI is InChI=1S/C14H17N3O3S/c1-20-10-3-4-11-12(7-10)17(8-13(11)21(2,18)19)9-14-15-5-6-16-14/h3-4,7-8H,5-6,9H2,1-2H3,(H,15,16). The third-order valence-corrected chi connectivity index (χ3v) is 4.64. The van der Waals surface area contributed by atoms with Crippen LogP contribution in [-0.2, 0) is 16.4 Å². The number of nitrogens with zero attached hydrogens (tertiary/aromatic N) is 2. The third-order valence-electron chi connectivity index (χ3n) is 3.52. The summed E-state index contributed by atoms with van der Waals surface area (Å²) in [4.78, 5) is 4.69. The molecule has 0 atom stereocenters. The third kappa shape index (κ3) is 2.61. The Morgan fingerprint density at radius 1 is 1.43 bits per heavy atom. The van der Waals surface area contributed by atoms with Gasteiger partial charge in [0.15, 0.2) is 9.84 Å². The molecule has 0 unspecified atom stereocenters. The van der Waals surface area contributed by atoms with Gasteiger partial charge in [-0.25, -0.2) is 8.42 Å². The van der Waals surface area contributed by atoms with Crippen molar-refractivity contribution in [3.05, 3.63) is 24.4 Å². The molecular formula is C14H17N3O3S. The lowest BCUT2D eigenvalue weighted by atomic mass is 10.2. The van der Waals surface area contributed by atoms with Gasteiger partial charge >= 0.3 is 0 Å². The lowest BCUT2D eigenvalue weighted by Crippen LogP contribution is -2.23. The minimum Gasteiger partial charge on any atom is -0.497 e. The predicted octanol–water partition coefficient (Wildman–Crippen LogP) is 1.06. The van der Waals surface area contributed by atoms with Gasteiger partial charge in [-0.15, -0.1) is 0 Å². The summed E-state index contributed by atoms with van der Waals surface area (Å²) in [7, 11) is -1.69. The molecule has 0 saturated heterocycles. The van der Waals surface area contributed by atoms with Crippen molar-refractivity contribution in [2.75, 3.05) is 26.5 Å². The summed E-state index contributed by atoms with van der Waals surface area (Å²) in [5.41, 5.74) is 0.825. The van der Waals surface area contributed by atoms with Gasteiger partial charge in [-0.3, -0.25) is 4.99 Å². The van der Waals surface area contributed by atoms with Crippen molar-refractivity contribution >= 4 is 26.6 Å². The number of aliphatic imine (C=N–C) groups is 1. The number of nitrogens with one attached hydrogen (secondary N) is 1. The first-order chi connectivity index (χ1) is 9.99. The second kappa shape index (κ2) is 5.07. The lowest BCUT2D eigenvalue weighted by molar-refractivity contribution is 0.415. The van der Waals surface area contributed by atoms with Crippen LogP contribution in [0.15, 0.2) is 34.3 Å². The van der Waals surface area contributed by atoms with Gasteiger partial charge in [-0.1, -0.05) is 0 Å². The first-order valence-electron chi connectivity index (χ1n) is 6.63. The molecule has 112 valence electrons. The maximum absolute atomic E-state index is 12.0. The summed E-state index contributed by atoms with van der Waals surface area (Å²) in [5, 5.41) is 3.90. The van der Waals surface area contributed by atoms with Crippen LogP contribution in [0.1, 0.15) is 0 Å². The van der Waals surface area contributed by atoms with Crippen LogP contribution in [0.5, 0.6) is 5.75 Å². The highest BCUT2D eigenvalue weighted by Crippen LogP contribution is 2.28. The number of aromatic nitrogens is 1. The van der Waals surface area contributed by atoms with Crippen molar-refractivity contribution in [2.45, 2.75) is 11.4 Å². The summed E-state index contributed by atoms with van der Waals surface area (Å²) in [6.45, 7) is 2.12. The zero-order valence-electron chi connectivity index (χ0n) is 12.0. The van der Waals surface area contributed by atoms with Crippen LogP contribution >= 0.6 is 0 Å². The van der Waals surface area contributed by atoms with E-state index >= 15 is 0 Å². The van der Waals surface area contributed by atoms with Crippen molar-refractivity contribution in [1.82, 2.24) is 9.88 Å². The summed E-state index contributed by atoms with van der Waals surface area (Å²) >= 11 is 0. The summed E-state index contributed by atoms with van der Waals surface area (Å²) in [5.74, 6) is 1.57. The second-order valence-electron chi connectivity index (χ2n) is 5.03. The topological polar surface area (TPSA) is 72.7 Å². The summed E-state index contributed by atoms with van der Waals surface area (Å²) < 4.78 is 31.1. The van der Waals surface area contributed by atoms with E-state index in [0.717, 1.165) is 24.4 Å². The first kappa shape index (κ1) is 13.9. The van der Waals surface area contributed by atoms with E-state index < -0.39 is 9.84 Å². The monoisotopic (exact) mass is 307 g/mol. The van der Waals surface area contributed by atoms with E-state index in [4.69, 9.17) is 4.74 Å². The number of amidine groups is 1. The van der Waals surface area contributed by atoms with Crippen LogP contribution in [0.2, 0.25) is 0 Å². The molecule has 0 amide bonds. The average molecular weight is 307 g/mol. The Morgan fingerprint density at radius 2 is 2.24 bits per heavy atom. The van der Waals surface area contributed by atoms with E-state index in [9.17, 15) is 8.42 Å². The van der Waals surface area contributed by atoms with Crippen LogP contribution in [0, 0.1) is 0 Å². The first-order valence-corrected chi connectivity index (χ1v) is 8.52. The van der Waals surface area contributed by atoms with Crippen molar-refractivity contribution in [3.8, 4) is 5.75 Å². The van der Waals surface area contributed by atoms with Crippen LogP contribution < -0.4 is 10.1 Å². The van der Waals surface area contributed by atoms with Gasteiger partial charge in [-0.05, 0) is 12.1 Å². The zero-order valence-corrected chi connectivity index (χ0v) is 12.8. The Hall–Kier alpha value is -2.02. The minimum atomic E-state index is -3.28. The van der Waals surface area contributed by atoms with Gasteiger partial charge < -0.3 is 14.6 Å². The van der Waals surface area contributed by atoms with Crippen molar-refractivity contribution in [3.63, 3.8) is 0 Å². The molecule has 3 rings (SSSR count). The zero-order chi connectivity index (χ0) is 15.0. The molecular weight excluding hydrogens is 290 g/mol. The molecule has 0 saturated carbocycles. The number of benzene rings is 1. The fraction of sp³-hybridized carbons (Fsp3) is 0.357. The molecule has 7 heteroatoms. The molecule has 1 N–H and O–H groups in total. The molecule has 0 bridgehead atoms. The smallest absolute Gasteiger partial charge is 0.177 e. The largest absolute Gasteiger partial charge is 0.497 e. The summed E-state index contributed by atoms with van der Waals surface area (Å²) in [6, 6.07) is 5.40. The lowest BCUT2D eigenvalue weighted by Gasteiger charge is -2.07. The number of sulfone groups is 1. The Kier molecular flexibility index (Phi) is 3.36. The number of methoxy groups -OCH3 is 1. The number of rotatable bonds is 4. The predicted molar refractivity (Wildman–Crippen MR) is 81.9 cm³/mol. The number of hydrogen-bond acceptors (Lipinski definition) is 5. The fourth-order valence-electron chi connectivity index (χ4n) is 2.51. The van der Waals surface area contributed by atoms with Crippen LogP contribution in [-0.4, -0.2) is 45.3 Å². The number of hydrogen-bond donors (Lipinski definition) is 1. The molecule has 0 fully saturated rings. The maximum atomic E-state index is 12.0. The van der Waals surface area contributed by atoms with Gasteiger partial charge in [0.2, 0.25) is 0 Å².